The van der Waals surface area contributed by atoms with Crippen molar-refractivity contribution in [2.45, 2.75) is 51.3 Å². The molecule has 1 saturated heterocycles. The molecule has 0 amide bonds. The first-order chi connectivity index (χ1) is 6.50. The van der Waals surface area contributed by atoms with Gasteiger partial charge in [0, 0.05) is 19.0 Å². The molecule has 1 fully saturated rings. The minimum atomic E-state index is 0.508. The zero-order valence-corrected chi connectivity index (χ0v) is 11.1. The second kappa shape index (κ2) is 5.36. The van der Waals surface area contributed by atoms with Gasteiger partial charge < -0.3 is 4.90 Å². The summed E-state index contributed by atoms with van der Waals surface area (Å²) in [4.78, 5) is 3.51. The van der Waals surface area contributed by atoms with Gasteiger partial charge in [0.1, 0.15) is 0 Å². The Morgan fingerprint density at radius 2 is 2.14 bits per heavy atom. The average Bonchev–Trinajstić information content (AvgIpc) is 2.01. The average molecular weight is 231 g/mol. The normalized spacial score (nSPS) is 25.6. The van der Waals surface area contributed by atoms with Gasteiger partial charge in [-0.1, -0.05) is 19.1 Å². The van der Waals surface area contributed by atoms with Gasteiger partial charge in [0.2, 0.25) is 0 Å². The number of thiocarbonyl (C=S) groups is 1. The summed E-state index contributed by atoms with van der Waals surface area (Å²) in [6.07, 6.45) is 3.58. The number of thiol groups is 1. The van der Waals surface area contributed by atoms with Crippen molar-refractivity contribution in [3.63, 3.8) is 0 Å². The highest BCUT2D eigenvalue weighted by molar-refractivity contribution is 7.81. The monoisotopic (exact) mass is 231 g/mol. The topological polar surface area (TPSA) is 3.24 Å². The van der Waals surface area contributed by atoms with Gasteiger partial charge in [0.05, 0.1) is 4.99 Å². The van der Waals surface area contributed by atoms with Crippen molar-refractivity contribution in [1.29, 1.82) is 0 Å². The molecule has 0 bridgehead atoms. The minimum absolute atomic E-state index is 0.508. The van der Waals surface area contributed by atoms with Gasteiger partial charge in [-0.25, -0.2) is 0 Å². The Kier molecular flexibility index (Phi) is 4.71. The van der Waals surface area contributed by atoms with Crippen LogP contribution in [0.2, 0.25) is 0 Å². The molecule has 3 heteroatoms. The number of nitrogens with zero attached hydrogens (tertiary/aromatic N) is 1. The van der Waals surface area contributed by atoms with Crippen LogP contribution in [0, 0.1) is 5.92 Å². The highest BCUT2D eigenvalue weighted by Crippen LogP contribution is 2.26. The van der Waals surface area contributed by atoms with Crippen LogP contribution in [0.1, 0.15) is 40.0 Å². The van der Waals surface area contributed by atoms with Crippen molar-refractivity contribution >= 4 is 29.8 Å². The third-order valence-corrected chi connectivity index (χ3v) is 3.47. The molecule has 2 atom stereocenters. The van der Waals surface area contributed by atoms with E-state index in [0.29, 0.717) is 11.3 Å². The molecule has 0 saturated carbocycles. The fraction of sp³-hybridized carbons (Fsp3) is 0.909. The van der Waals surface area contributed by atoms with E-state index >= 15 is 0 Å². The number of rotatable bonds is 3. The lowest BCUT2D eigenvalue weighted by molar-refractivity contribution is 0.272. The van der Waals surface area contributed by atoms with E-state index in [-0.39, 0.29) is 0 Å². The summed E-state index contributed by atoms with van der Waals surface area (Å²) < 4.78 is 0. The second-order valence-electron chi connectivity index (χ2n) is 4.62. The lowest BCUT2D eigenvalue weighted by Gasteiger charge is -2.37. The molecule has 14 heavy (non-hydrogen) atoms. The van der Waals surface area contributed by atoms with Crippen molar-refractivity contribution in [3.8, 4) is 0 Å². The molecular formula is C11H21NS2. The Hall–Kier alpha value is 0.240. The Bertz CT molecular complexity index is 201. The molecule has 1 heterocycles. The first kappa shape index (κ1) is 12.3. The fourth-order valence-corrected chi connectivity index (χ4v) is 2.98. The van der Waals surface area contributed by atoms with Gasteiger partial charge in [-0.2, -0.15) is 12.6 Å². The van der Waals surface area contributed by atoms with E-state index in [1.807, 2.05) is 0 Å². The molecular weight excluding hydrogens is 210 g/mol. The van der Waals surface area contributed by atoms with Crippen molar-refractivity contribution in [2.75, 3.05) is 6.54 Å². The summed E-state index contributed by atoms with van der Waals surface area (Å²) in [5, 5.41) is 0.508. The van der Waals surface area contributed by atoms with Crippen LogP contribution in [0.25, 0.3) is 0 Å². The van der Waals surface area contributed by atoms with E-state index in [0.717, 1.165) is 23.9 Å². The summed E-state index contributed by atoms with van der Waals surface area (Å²) in [6, 6.07) is 0.567. The molecule has 1 aliphatic heterocycles. The molecule has 0 aromatic heterocycles. The molecule has 2 unspecified atom stereocenters. The summed E-state index contributed by atoms with van der Waals surface area (Å²) in [6.45, 7) is 7.74. The summed E-state index contributed by atoms with van der Waals surface area (Å²) in [5.74, 6) is 0.769. The molecule has 0 aromatic carbocycles. The Balaban J connectivity index is 2.43. The standard InChI is InChI=1S/C11H21NS2/c1-8(2)12-5-4-10(6-9(3)13)7-11(12)14/h8-10,13H,4-7H2,1-3H3. The van der Waals surface area contributed by atoms with Crippen LogP contribution in [0.4, 0.5) is 0 Å². The maximum absolute atomic E-state index is 5.43. The van der Waals surface area contributed by atoms with Crippen LogP contribution in [-0.4, -0.2) is 27.7 Å². The van der Waals surface area contributed by atoms with Crippen molar-refractivity contribution in [1.82, 2.24) is 4.90 Å². The number of hydrogen-bond donors (Lipinski definition) is 1. The van der Waals surface area contributed by atoms with E-state index in [9.17, 15) is 0 Å². The van der Waals surface area contributed by atoms with Crippen LogP contribution in [0.5, 0.6) is 0 Å². The van der Waals surface area contributed by atoms with Crippen LogP contribution < -0.4 is 0 Å². The molecule has 0 spiro atoms. The minimum Gasteiger partial charge on any atom is -0.364 e. The lowest BCUT2D eigenvalue weighted by Crippen LogP contribution is -2.42. The first-order valence-corrected chi connectivity index (χ1v) is 6.40. The first-order valence-electron chi connectivity index (χ1n) is 5.48. The molecule has 82 valence electrons. The second-order valence-corrected chi connectivity index (χ2v) is 5.98. The van der Waals surface area contributed by atoms with Gasteiger partial charge in [-0.05, 0) is 37.9 Å². The van der Waals surface area contributed by atoms with Gasteiger partial charge in [0.15, 0.2) is 0 Å². The zero-order valence-electron chi connectivity index (χ0n) is 9.36. The summed E-state index contributed by atoms with van der Waals surface area (Å²) in [5.41, 5.74) is 0. The molecule has 1 aliphatic rings. The maximum Gasteiger partial charge on any atom is 0.0784 e. The predicted molar refractivity (Wildman–Crippen MR) is 70.2 cm³/mol. The number of hydrogen-bond acceptors (Lipinski definition) is 2. The van der Waals surface area contributed by atoms with Gasteiger partial charge in [0.25, 0.3) is 0 Å². The predicted octanol–water partition coefficient (Wildman–Crippen LogP) is 3.14. The molecule has 0 aliphatic carbocycles. The molecule has 1 nitrogen and oxygen atoms in total. The lowest BCUT2D eigenvalue weighted by atomic mass is 9.91. The van der Waals surface area contributed by atoms with Gasteiger partial charge in [-0.15, -0.1) is 0 Å². The quantitative estimate of drug-likeness (QED) is 0.587. The van der Waals surface area contributed by atoms with E-state index in [4.69, 9.17) is 12.2 Å². The smallest absolute Gasteiger partial charge is 0.0784 e. The summed E-state index contributed by atoms with van der Waals surface area (Å²) >= 11 is 9.88. The fourth-order valence-electron chi connectivity index (χ4n) is 2.14. The zero-order chi connectivity index (χ0) is 10.7. The third-order valence-electron chi connectivity index (χ3n) is 2.86. The van der Waals surface area contributed by atoms with E-state index in [1.54, 1.807) is 0 Å². The number of likely N-dealkylation sites (tertiary alicyclic amines) is 1. The van der Waals surface area contributed by atoms with Gasteiger partial charge in [-0.3, -0.25) is 0 Å². The van der Waals surface area contributed by atoms with Crippen molar-refractivity contribution < 1.29 is 0 Å². The highest BCUT2D eigenvalue weighted by atomic mass is 32.1. The van der Waals surface area contributed by atoms with Crippen LogP contribution in [0.3, 0.4) is 0 Å². The highest BCUT2D eigenvalue weighted by Gasteiger charge is 2.24. The van der Waals surface area contributed by atoms with E-state index in [1.165, 1.54) is 12.8 Å². The molecule has 0 aromatic rings. The van der Waals surface area contributed by atoms with Crippen molar-refractivity contribution in [2.24, 2.45) is 5.92 Å². The summed E-state index contributed by atoms with van der Waals surface area (Å²) in [7, 11) is 0. The Morgan fingerprint density at radius 1 is 1.50 bits per heavy atom. The number of piperidine rings is 1. The molecule has 1 rings (SSSR count). The van der Waals surface area contributed by atoms with Crippen LogP contribution >= 0.6 is 24.8 Å². The molecule has 0 radical (unpaired) electrons. The molecule has 0 N–H and O–H groups in total. The Labute approximate surface area is 98.7 Å². The van der Waals surface area contributed by atoms with Crippen LogP contribution in [0.15, 0.2) is 0 Å². The van der Waals surface area contributed by atoms with Crippen molar-refractivity contribution in [3.05, 3.63) is 0 Å². The third kappa shape index (κ3) is 3.43. The van der Waals surface area contributed by atoms with Crippen LogP contribution in [-0.2, 0) is 0 Å². The van der Waals surface area contributed by atoms with E-state index < -0.39 is 0 Å². The SMILES string of the molecule is CC(S)CC1CCN(C(C)C)C(=S)C1. The Morgan fingerprint density at radius 3 is 2.57 bits per heavy atom. The van der Waals surface area contributed by atoms with Gasteiger partial charge >= 0.3 is 0 Å². The largest absolute Gasteiger partial charge is 0.364 e. The van der Waals surface area contributed by atoms with E-state index in [2.05, 4.69) is 38.3 Å². The maximum atomic E-state index is 5.43.